The summed E-state index contributed by atoms with van der Waals surface area (Å²) >= 11 is 1.45. The molecule has 3 aromatic rings. The first kappa shape index (κ1) is 32.1. The molecule has 0 radical (unpaired) electrons. The Morgan fingerprint density at radius 3 is 2.24 bits per heavy atom. The number of aromatic nitrogens is 2. The minimum atomic E-state index is -0.250. The third-order valence-electron chi connectivity index (χ3n) is 6.76. The van der Waals surface area contributed by atoms with Gasteiger partial charge in [-0.15, -0.1) is 0 Å². The topological polar surface area (TPSA) is 169 Å². The predicted octanol–water partition coefficient (Wildman–Crippen LogP) is 4.09. The van der Waals surface area contributed by atoms with Crippen molar-refractivity contribution in [2.45, 2.75) is 32.7 Å². The molecule has 2 amide bonds. The Bertz CT molecular complexity index is 1370. The molecule has 5 rings (SSSR count). The molecule has 42 heavy (non-hydrogen) atoms. The fraction of sp³-hybridized carbons (Fsp3) is 0.379. The molecule has 2 saturated heterocycles. The Morgan fingerprint density at radius 2 is 1.64 bits per heavy atom. The summed E-state index contributed by atoms with van der Waals surface area (Å²) in [5.41, 5.74) is 5.01. The minimum Gasteiger partial charge on any atom is -0.483 e. The van der Waals surface area contributed by atoms with E-state index in [0.29, 0.717) is 29.8 Å². The standard InChI is InChI=1S/C27H30N6O2S.2CH2O2/c1-18-14-22(15-19(2)29-18)25-24(21-5-3-4-20(16-21)17-28)30-26(36-25)31-27(34)33-10-8-32(9-11-33)23-6-12-35-13-7-23;2*2-1-3/h3-5,14-16,23H,6-13H2,1-2H3,(H,30,31,34);2*1H,(H,2,3). The molecular formula is C29H34N6O6S. The van der Waals surface area contributed by atoms with E-state index in [1.54, 1.807) is 6.07 Å². The van der Waals surface area contributed by atoms with Gasteiger partial charge in [0.15, 0.2) is 5.13 Å². The minimum absolute atomic E-state index is 0.124. The lowest BCUT2D eigenvalue weighted by molar-refractivity contribution is -0.123. The van der Waals surface area contributed by atoms with Crippen LogP contribution in [0, 0.1) is 25.2 Å². The van der Waals surface area contributed by atoms with Gasteiger partial charge in [0, 0.05) is 62.4 Å². The molecule has 0 bridgehead atoms. The zero-order chi connectivity index (χ0) is 30.5. The van der Waals surface area contributed by atoms with E-state index in [0.717, 1.165) is 72.2 Å². The smallest absolute Gasteiger partial charge is 0.323 e. The number of piperazine rings is 1. The maximum atomic E-state index is 13.1. The molecule has 2 aromatic heterocycles. The fourth-order valence-corrected chi connectivity index (χ4v) is 5.94. The van der Waals surface area contributed by atoms with Crippen LogP contribution < -0.4 is 5.32 Å². The van der Waals surface area contributed by atoms with Crippen LogP contribution in [0.5, 0.6) is 0 Å². The van der Waals surface area contributed by atoms with Gasteiger partial charge in [0.1, 0.15) is 0 Å². The van der Waals surface area contributed by atoms with Crippen LogP contribution in [0.3, 0.4) is 0 Å². The number of nitrogens with one attached hydrogen (secondary N) is 1. The summed E-state index contributed by atoms with van der Waals surface area (Å²) < 4.78 is 5.49. The monoisotopic (exact) mass is 594 g/mol. The number of nitriles is 1. The van der Waals surface area contributed by atoms with Gasteiger partial charge in [0.05, 0.1) is 22.2 Å². The molecule has 222 valence electrons. The lowest BCUT2D eigenvalue weighted by Gasteiger charge is -2.40. The number of hydrogen-bond acceptors (Lipinski definition) is 9. The highest BCUT2D eigenvalue weighted by molar-refractivity contribution is 7.19. The third-order valence-corrected chi connectivity index (χ3v) is 7.78. The zero-order valence-electron chi connectivity index (χ0n) is 23.5. The largest absolute Gasteiger partial charge is 0.483 e. The van der Waals surface area contributed by atoms with Crippen molar-refractivity contribution in [3.63, 3.8) is 0 Å². The van der Waals surface area contributed by atoms with Gasteiger partial charge < -0.3 is 19.8 Å². The van der Waals surface area contributed by atoms with E-state index < -0.39 is 0 Å². The summed E-state index contributed by atoms with van der Waals surface area (Å²) in [6.07, 6.45) is 2.13. The van der Waals surface area contributed by atoms with Crippen LogP contribution in [0.2, 0.25) is 0 Å². The molecule has 0 atom stereocenters. The number of anilines is 1. The molecule has 4 heterocycles. The number of benzene rings is 1. The SMILES string of the molecule is Cc1cc(-c2sc(NC(=O)N3CCN(C4CCOCC4)CC3)nc2-c2cccc(C#N)c2)cc(C)n1.O=CO.O=CO. The van der Waals surface area contributed by atoms with Crippen molar-refractivity contribution in [2.24, 2.45) is 0 Å². The maximum Gasteiger partial charge on any atom is 0.323 e. The Labute approximate surface area is 248 Å². The number of ether oxygens (including phenoxy) is 1. The second-order valence-electron chi connectivity index (χ2n) is 9.54. The van der Waals surface area contributed by atoms with Crippen molar-refractivity contribution in [3.8, 4) is 27.8 Å². The van der Waals surface area contributed by atoms with Crippen LogP contribution >= 0.6 is 11.3 Å². The summed E-state index contributed by atoms with van der Waals surface area (Å²) in [7, 11) is 0. The van der Waals surface area contributed by atoms with E-state index in [4.69, 9.17) is 29.5 Å². The average molecular weight is 595 g/mol. The fourth-order valence-electron chi connectivity index (χ4n) is 4.98. The third kappa shape index (κ3) is 8.81. The summed E-state index contributed by atoms with van der Waals surface area (Å²) in [5, 5.41) is 26.8. The summed E-state index contributed by atoms with van der Waals surface area (Å²) in [6.45, 7) is 8.24. The number of thiazole rings is 1. The molecule has 0 aliphatic carbocycles. The van der Waals surface area contributed by atoms with E-state index in [2.05, 4.69) is 21.3 Å². The summed E-state index contributed by atoms with van der Waals surface area (Å²) in [5.74, 6) is 0. The van der Waals surface area contributed by atoms with E-state index in [1.807, 2.05) is 49.1 Å². The van der Waals surface area contributed by atoms with E-state index in [9.17, 15) is 10.1 Å². The van der Waals surface area contributed by atoms with Crippen molar-refractivity contribution in [1.82, 2.24) is 19.8 Å². The van der Waals surface area contributed by atoms with Crippen LogP contribution in [0.1, 0.15) is 29.8 Å². The molecule has 0 unspecified atom stereocenters. The van der Waals surface area contributed by atoms with Gasteiger partial charge in [-0.05, 0) is 56.5 Å². The van der Waals surface area contributed by atoms with Crippen LogP contribution in [0.25, 0.3) is 21.7 Å². The number of urea groups is 1. The maximum absolute atomic E-state index is 13.1. The lowest BCUT2D eigenvalue weighted by atomic mass is 10.0. The quantitative estimate of drug-likeness (QED) is 0.374. The highest BCUT2D eigenvalue weighted by Gasteiger charge is 2.28. The number of aryl methyl sites for hydroxylation is 2. The molecule has 12 nitrogen and oxygen atoms in total. The first-order valence-electron chi connectivity index (χ1n) is 13.3. The van der Waals surface area contributed by atoms with Crippen LogP contribution in [0.4, 0.5) is 9.93 Å². The second kappa shape index (κ2) is 16.2. The first-order chi connectivity index (χ1) is 20.3. The van der Waals surface area contributed by atoms with Crippen LogP contribution in [0.15, 0.2) is 36.4 Å². The molecule has 2 fully saturated rings. The first-order valence-corrected chi connectivity index (χ1v) is 14.2. The molecule has 13 heteroatoms. The van der Waals surface area contributed by atoms with Crippen molar-refractivity contribution in [3.05, 3.63) is 53.3 Å². The van der Waals surface area contributed by atoms with Gasteiger partial charge in [-0.3, -0.25) is 24.8 Å². The molecule has 3 N–H and O–H groups in total. The summed E-state index contributed by atoms with van der Waals surface area (Å²) in [4.78, 5) is 44.5. The van der Waals surface area contributed by atoms with E-state index >= 15 is 0 Å². The van der Waals surface area contributed by atoms with Gasteiger partial charge in [-0.25, -0.2) is 9.78 Å². The number of carbonyl (C=O) groups is 3. The number of carboxylic acid groups (broad SMARTS) is 2. The average Bonchev–Trinajstić information content (AvgIpc) is 3.42. The molecule has 1 aromatic carbocycles. The zero-order valence-corrected chi connectivity index (χ0v) is 24.3. The number of nitrogens with zero attached hydrogens (tertiary/aromatic N) is 5. The van der Waals surface area contributed by atoms with Gasteiger partial charge in [0.2, 0.25) is 0 Å². The van der Waals surface area contributed by atoms with Crippen molar-refractivity contribution < 1.29 is 29.3 Å². The Kier molecular flexibility index (Phi) is 12.4. The molecule has 0 spiro atoms. The Balaban J connectivity index is 0.000000745. The Hall–Kier alpha value is -4.38. The van der Waals surface area contributed by atoms with Gasteiger partial charge >= 0.3 is 6.03 Å². The van der Waals surface area contributed by atoms with Crippen LogP contribution in [-0.4, -0.2) is 94.4 Å². The number of carbonyl (C=O) groups excluding carboxylic acids is 1. The van der Waals surface area contributed by atoms with Crippen molar-refractivity contribution in [2.75, 3.05) is 44.7 Å². The normalized spacial score (nSPS) is 15.2. The molecule has 2 aliphatic rings. The van der Waals surface area contributed by atoms with Crippen molar-refractivity contribution >= 4 is 35.4 Å². The van der Waals surface area contributed by atoms with E-state index in [-0.39, 0.29) is 19.0 Å². The number of amides is 2. The highest BCUT2D eigenvalue weighted by atomic mass is 32.1. The summed E-state index contributed by atoms with van der Waals surface area (Å²) in [6, 6.07) is 14.1. The van der Waals surface area contributed by atoms with Crippen LogP contribution in [-0.2, 0) is 14.3 Å². The van der Waals surface area contributed by atoms with Gasteiger partial charge in [-0.2, -0.15) is 5.26 Å². The van der Waals surface area contributed by atoms with Gasteiger partial charge in [-0.1, -0.05) is 23.5 Å². The van der Waals surface area contributed by atoms with Crippen molar-refractivity contribution in [1.29, 1.82) is 5.26 Å². The molecule has 2 aliphatic heterocycles. The predicted molar refractivity (Wildman–Crippen MR) is 158 cm³/mol. The number of pyridine rings is 1. The lowest BCUT2D eigenvalue weighted by Crippen LogP contribution is -2.53. The second-order valence-corrected chi connectivity index (χ2v) is 10.5. The number of rotatable bonds is 4. The molecule has 0 saturated carbocycles. The molecular weight excluding hydrogens is 560 g/mol. The van der Waals surface area contributed by atoms with E-state index in [1.165, 1.54) is 11.3 Å². The van der Waals surface area contributed by atoms with Gasteiger partial charge in [0.25, 0.3) is 12.9 Å². The Morgan fingerprint density at radius 1 is 1.02 bits per heavy atom. The number of hydrogen-bond donors (Lipinski definition) is 3. The highest BCUT2D eigenvalue weighted by Crippen LogP contribution is 2.39.